The summed E-state index contributed by atoms with van der Waals surface area (Å²) in [5.41, 5.74) is 0. The van der Waals surface area contributed by atoms with Crippen molar-refractivity contribution in [1.82, 2.24) is 5.32 Å². The summed E-state index contributed by atoms with van der Waals surface area (Å²) in [5.74, 6) is -0.342. The minimum absolute atomic E-state index is 0.0264. The number of para-hydroxylation sites is 2. The van der Waals surface area contributed by atoms with Gasteiger partial charge < -0.3 is 19.9 Å². The fraction of sp³-hybridized carbons (Fsp3) is 0.467. The van der Waals surface area contributed by atoms with Crippen molar-refractivity contribution in [3.63, 3.8) is 0 Å². The molecule has 6 nitrogen and oxygen atoms in total. The molecule has 1 amide bonds. The van der Waals surface area contributed by atoms with Gasteiger partial charge in [-0.2, -0.15) is 0 Å². The Morgan fingerprint density at radius 1 is 1.24 bits per heavy atom. The van der Waals surface area contributed by atoms with Gasteiger partial charge in [0.15, 0.2) is 11.5 Å². The van der Waals surface area contributed by atoms with Gasteiger partial charge in [-0.3, -0.25) is 4.79 Å². The minimum Gasteiger partial charge on any atom is -0.482 e. The van der Waals surface area contributed by atoms with Gasteiger partial charge in [0.1, 0.15) is 12.1 Å². The zero-order valence-electron chi connectivity index (χ0n) is 11.6. The number of carboxylic acid groups (broad SMARTS) is 1. The number of carboxylic acids is 1. The van der Waals surface area contributed by atoms with Gasteiger partial charge in [-0.05, 0) is 37.8 Å². The van der Waals surface area contributed by atoms with Crippen LogP contribution in [0.15, 0.2) is 24.3 Å². The molecule has 1 heterocycles. The van der Waals surface area contributed by atoms with Crippen LogP contribution in [0, 0.1) is 5.92 Å². The Balaban J connectivity index is 1.71. The van der Waals surface area contributed by atoms with Gasteiger partial charge in [0.2, 0.25) is 6.10 Å². The highest BCUT2D eigenvalue weighted by Crippen LogP contribution is 2.35. The van der Waals surface area contributed by atoms with Gasteiger partial charge in [0.05, 0.1) is 0 Å². The maximum absolute atomic E-state index is 12.3. The third-order valence-corrected chi connectivity index (χ3v) is 3.76. The van der Waals surface area contributed by atoms with Crippen molar-refractivity contribution in [2.75, 3.05) is 0 Å². The summed E-state index contributed by atoms with van der Waals surface area (Å²) in [6, 6.07) is 6.26. The molecule has 1 fully saturated rings. The molecule has 21 heavy (non-hydrogen) atoms. The molecule has 3 rings (SSSR count). The average Bonchev–Trinajstić information content (AvgIpc) is 3.27. The second kappa shape index (κ2) is 5.27. The molecule has 1 aliphatic carbocycles. The maximum Gasteiger partial charge on any atom is 0.326 e. The average molecular weight is 291 g/mol. The lowest BCUT2D eigenvalue weighted by Gasteiger charge is -2.31. The molecule has 2 aliphatic rings. The Bertz CT molecular complexity index is 569. The van der Waals surface area contributed by atoms with Gasteiger partial charge in [-0.25, -0.2) is 4.79 Å². The van der Waals surface area contributed by atoms with E-state index in [9.17, 15) is 9.59 Å². The molecule has 2 N–H and O–H groups in total. The van der Waals surface area contributed by atoms with Crippen LogP contribution in [0.1, 0.15) is 19.8 Å². The molecule has 0 radical (unpaired) electrons. The molecule has 0 spiro atoms. The fourth-order valence-corrected chi connectivity index (χ4v) is 2.45. The van der Waals surface area contributed by atoms with Gasteiger partial charge in [0.25, 0.3) is 5.91 Å². The number of benzene rings is 1. The van der Waals surface area contributed by atoms with E-state index in [1.165, 1.54) is 0 Å². The Morgan fingerprint density at radius 3 is 2.43 bits per heavy atom. The van der Waals surface area contributed by atoms with E-state index >= 15 is 0 Å². The van der Waals surface area contributed by atoms with Gasteiger partial charge in [-0.1, -0.05) is 12.1 Å². The summed E-state index contributed by atoms with van der Waals surface area (Å²) in [4.78, 5) is 23.5. The van der Waals surface area contributed by atoms with Crippen molar-refractivity contribution in [1.29, 1.82) is 0 Å². The predicted octanol–water partition coefficient (Wildman–Crippen LogP) is 1.19. The molecule has 0 aromatic heterocycles. The summed E-state index contributed by atoms with van der Waals surface area (Å²) >= 11 is 0. The van der Waals surface area contributed by atoms with Crippen LogP contribution >= 0.6 is 0 Å². The normalized spacial score (nSPS) is 25.0. The quantitative estimate of drug-likeness (QED) is 0.870. The van der Waals surface area contributed by atoms with Crippen molar-refractivity contribution in [3.05, 3.63) is 24.3 Å². The topological polar surface area (TPSA) is 84.9 Å². The first kappa shape index (κ1) is 13.7. The highest BCUT2D eigenvalue weighted by molar-refractivity contribution is 5.87. The molecule has 3 atom stereocenters. The highest BCUT2D eigenvalue weighted by Gasteiger charge is 2.41. The Kier molecular flexibility index (Phi) is 3.45. The van der Waals surface area contributed by atoms with Crippen molar-refractivity contribution in [2.45, 2.75) is 38.0 Å². The number of carbonyl (C=O) groups excluding carboxylic acids is 1. The van der Waals surface area contributed by atoms with Gasteiger partial charge in [0, 0.05) is 0 Å². The second-order valence-electron chi connectivity index (χ2n) is 5.47. The highest BCUT2D eigenvalue weighted by atomic mass is 16.6. The van der Waals surface area contributed by atoms with Crippen molar-refractivity contribution < 1.29 is 24.2 Å². The minimum atomic E-state index is -1.00. The lowest BCUT2D eigenvalue weighted by Crippen LogP contribution is -2.53. The van der Waals surface area contributed by atoms with E-state index in [2.05, 4.69) is 5.32 Å². The lowest BCUT2D eigenvalue weighted by molar-refractivity contribution is -0.145. The first-order valence-electron chi connectivity index (χ1n) is 7.02. The van der Waals surface area contributed by atoms with Crippen LogP contribution in [-0.2, 0) is 9.59 Å². The molecule has 1 aromatic rings. The SMILES string of the molecule is CC1Oc2ccccc2OC1C(=O)NC(C(=O)O)C1CC1. The Hall–Kier alpha value is -2.24. The van der Waals surface area contributed by atoms with E-state index in [0.29, 0.717) is 11.5 Å². The van der Waals surface area contributed by atoms with Crippen LogP contribution in [0.25, 0.3) is 0 Å². The number of hydrogen-bond donors (Lipinski definition) is 2. The van der Waals surface area contributed by atoms with Crippen molar-refractivity contribution in [3.8, 4) is 11.5 Å². The largest absolute Gasteiger partial charge is 0.482 e. The Labute approximate surface area is 122 Å². The Morgan fingerprint density at radius 2 is 1.86 bits per heavy atom. The molecule has 1 saturated carbocycles. The van der Waals surface area contributed by atoms with Crippen LogP contribution in [0.2, 0.25) is 0 Å². The monoisotopic (exact) mass is 291 g/mol. The van der Waals surface area contributed by atoms with E-state index in [1.807, 2.05) is 6.07 Å². The molecular weight excluding hydrogens is 274 g/mol. The van der Waals surface area contributed by atoms with Gasteiger partial charge in [-0.15, -0.1) is 0 Å². The number of amides is 1. The first-order valence-corrected chi connectivity index (χ1v) is 7.02. The predicted molar refractivity (Wildman–Crippen MR) is 73.2 cm³/mol. The van der Waals surface area contributed by atoms with Crippen LogP contribution in [0.3, 0.4) is 0 Å². The smallest absolute Gasteiger partial charge is 0.326 e. The zero-order chi connectivity index (χ0) is 15.0. The second-order valence-corrected chi connectivity index (χ2v) is 5.47. The summed E-state index contributed by atoms with van der Waals surface area (Å²) in [6.07, 6.45) is 0.337. The molecular formula is C15H17NO5. The lowest BCUT2D eigenvalue weighted by atomic mass is 10.1. The first-order chi connectivity index (χ1) is 10.1. The standard InChI is InChI=1S/C15H17NO5/c1-8-13(21-11-5-3-2-4-10(11)20-8)14(17)16-12(15(18)19)9-6-7-9/h2-5,8-9,12-13H,6-7H2,1H3,(H,16,17)(H,18,19). The molecule has 0 bridgehead atoms. The van der Waals surface area contributed by atoms with E-state index in [1.54, 1.807) is 25.1 Å². The number of ether oxygens (including phenoxy) is 2. The zero-order valence-corrected chi connectivity index (χ0v) is 11.6. The maximum atomic E-state index is 12.3. The summed E-state index contributed by atoms with van der Waals surface area (Å²) in [5, 5.41) is 11.7. The number of nitrogens with one attached hydrogen (secondary N) is 1. The number of carbonyl (C=O) groups is 2. The number of rotatable bonds is 4. The summed E-state index contributed by atoms with van der Waals surface area (Å²) in [7, 11) is 0. The third-order valence-electron chi connectivity index (χ3n) is 3.76. The third kappa shape index (κ3) is 2.79. The van der Waals surface area contributed by atoms with Crippen LogP contribution < -0.4 is 14.8 Å². The number of hydrogen-bond acceptors (Lipinski definition) is 4. The number of fused-ring (bicyclic) bond motifs is 1. The molecule has 6 heteroatoms. The van der Waals surface area contributed by atoms with Crippen molar-refractivity contribution >= 4 is 11.9 Å². The summed E-state index contributed by atoms with van der Waals surface area (Å²) < 4.78 is 11.3. The van der Waals surface area contributed by atoms with Crippen LogP contribution in [-0.4, -0.2) is 35.2 Å². The van der Waals surface area contributed by atoms with Crippen LogP contribution in [0.5, 0.6) is 11.5 Å². The van der Waals surface area contributed by atoms with E-state index < -0.39 is 30.1 Å². The molecule has 1 aliphatic heterocycles. The van der Waals surface area contributed by atoms with E-state index in [-0.39, 0.29) is 5.92 Å². The molecule has 112 valence electrons. The fourth-order valence-electron chi connectivity index (χ4n) is 2.45. The molecule has 0 saturated heterocycles. The molecule has 1 aromatic carbocycles. The van der Waals surface area contributed by atoms with E-state index in [4.69, 9.17) is 14.6 Å². The van der Waals surface area contributed by atoms with Gasteiger partial charge >= 0.3 is 5.97 Å². The van der Waals surface area contributed by atoms with Crippen LogP contribution in [0.4, 0.5) is 0 Å². The van der Waals surface area contributed by atoms with Crippen molar-refractivity contribution in [2.24, 2.45) is 5.92 Å². The summed E-state index contributed by atoms with van der Waals surface area (Å²) in [6.45, 7) is 1.73. The van der Waals surface area contributed by atoms with E-state index in [0.717, 1.165) is 12.8 Å². The number of aliphatic carboxylic acids is 1. The molecule has 3 unspecified atom stereocenters.